The Balaban J connectivity index is 1.78. The van der Waals surface area contributed by atoms with E-state index in [1.165, 1.54) is 5.57 Å². The summed E-state index contributed by atoms with van der Waals surface area (Å²) in [5, 5.41) is 10.6. The minimum Gasteiger partial charge on any atom is -0.510 e. The maximum Gasteiger partial charge on any atom is 0.118 e. The van der Waals surface area contributed by atoms with Gasteiger partial charge in [-0.2, -0.15) is 0 Å². The van der Waals surface area contributed by atoms with Crippen LogP contribution in [-0.4, -0.2) is 18.3 Å². The van der Waals surface area contributed by atoms with E-state index in [4.69, 9.17) is 9.47 Å². The fraction of sp³-hybridized carbons (Fsp3) is 0.524. The van der Waals surface area contributed by atoms with E-state index in [2.05, 4.69) is 19.9 Å². The summed E-state index contributed by atoms with van der Waals surface area (Å²) in [5.74, 6) is 1.56. The summed E-state index contributed by atoms with van der Waals surface area (Å²) >= 11 is 0. The van der Waals surface area contributed by atoms with Crippen molar-refractivity contribution in [2.24, 2.45) is 11.3 Å². The number of aliphatic hydroxyl groups excluding tert-OH is 1. The zero-order valence-electron chi connectivity index (χ0n) is 14.9. The van der Waals surface area contributed by atoms with Gasteiger partial charge in [-0.15, -0.1) is 0 Å². The molecule has 24 heavy (non-hydrogen) atoms. The molecular formula is C21H28O3. The molecule has 0 spiro atoms. The molecule has 0 saturated heterocycles. The molecule has 2 bridgehead atoms. The Kier molecular flexibility index (Phi) is 5.00. The van der Waals surface area contributed by atoms with Gasteiger partial charge < -0.3 is 14.6 Å². The van der Waals surface area contributed by atoms with Gasteiger partial charge >= 0.3 is 0 Å². The summed E-state index contributed by atoms with van der Waals surface area (Å²) in [5.41, 5.74) is 2.69. The minimum absolute atomic E-state index is 0.0801. The first-order chi connectivity index (χ1) is 11.5. The number of allylic oxidation sites excluding steroid dienone is 3. The molecule has 3 rings (SSSR count). The van der Waals surface area contributed by atoms with Crippen molar-refractivity contribution in [3.8, 4) is 5.75 Å². The number of methoxy groups -OCH3 is 1. The topological polar surface area (TPSA) is 38.7 Å². The maximum atomic E-state index is 10.6. The number of fused-ring (bicyclic) bond motifs is 2. The van der Waals surface area contributed by atoms with Gasteiger partial charge in [0.25, 0.3) is 0 Å². The molecule has 2 atom stereocenters. The summed E-state index contributed by atoms with van der Waals surface area (Å²) < 4.78 is 11.4. The van der Waals surface area contributed by atoms with Crippen molar-refractivity contribution in [3.05, 3.63) is 53.3 Å². The Bertz CT molecular complexity index is 625. The van der Waals surface area contributed by atoms with E-state index < -0.39 is 0 Å². The SMILES string of the molecule is COc1ccc(CO[C@H]2/C(O)=C\CC/C=C3/CC[C@H]2C3(C)C)cc1. The zero-order valence-corrected chi connectivity index (χ0v) is 14.9. The average molecular weight is 328 g/mol. The van der Waals surface area contributed by atoms with E-state index in [0.717, 1.165) is 37.0 Å². The molecule has 0 radical (unpaired) electrons. The smallest absolute Gasteiger partial charge is 0.118 e. The molecule has 0 heterocycles. The molecule has 0 amide bonds. The van der Waals surface area contributed by atoms with Crippen LogP contribution >= 0.6 is 0 Å². The molecule has 0 unspecified atom stereocenters. The summed E-state index contributed by atoms with van der Waals surface area (Å²) in [7, 11) is 1.67. The van der Waals surface area contributed by atoms with Crippen molar-refractivity contribution >= 4 is 0 Å². The molecule has 0 aliphatic heterocycles. The fourth-order valence-electron chi connectivity index (χ4n) is 4.05. The number of aliphatic hydroxyl groups is 1. The fourth-order valence-corrected chi connectivity index (χ4v) is 4.05. The quantitative estimate of drug-likeness (QED) is 0.774. The third-order valence-electron chi connectivity index (χ3n) is 5.64. The van der Waals surface area contributed by atoms with Gasteiger partial charge in [0.05, 0.1) is 13.7 Å². The summed E-state index contributed by atoms with van der Waals surface area (Å²) in [6.07, 6.45) is 8.15. The van der Waals surface area contributed by atoms with Crippen LogP contribution in [0, 0.1) is 11.3 Å². The zero-order chi connectivity index (χ0) is 17.2. The van der Waals surface area contributed by atoms with E-state index >= 15 is 0 Å². The highest BCUT2D eigenvalue weighted by molar-refractivity contribution is 5.27. The molecule has 1 aromatic carbocycles. The first-order valence-electron chi connectivity index (χ1n) is 8.85. The monoisotopic (exact) mass is 328 g/mol. The second kappa shape index (κ2) is 7.02. The number of benzene rings is 1. The first kappa shape index (κ1) is 17.1. The van der Waals surface area contributed by atoms with Gasteiger partial charge in [-0.25, -0.2) is 0 Å². The lowest BCUT2D eigenvalue weighted by molar-refractivity contribution is -0.0220. The molecular weight excluding hydrogens is 300 g/mol. The summed E-state index contributed by atoms with van der Waals surface area (Å²) in [6, 6.07) is 7.91. The second-order valence-corrected chi connectivity index (χ2v) is 7.38. The van der Waals surface area contributed by atoms with E-state index in [1.807, 2.05) is 30.3 Å². The van der Waals surface area contributed by atoms with E-state index in [0.29, 0.717) is 18.3 Å². The molecule has 1 saturated carbocycles. The Labute approximate surface area is 145 Å². The molecule has 0 aromatic heterocycles. The normalized spacial score (nSPS) is 30.3. The van der Waals surface area contributed by atoms with Crippen LogP contribution in [0.5, 0.6) is 5.75 Å². The van der Waals surface area contributed by atoms with Crippen molar-refractivity contribution in [2.75, 3.05) is 7.11 Å². The maximum absolute atomic E-state index is 10.6. The minimum atomic E-state index is -0.230. The highest BCUT2D eigenvalue weighted by atomic mass is 16.5. The van der Waals surface area contributed by atoms with Crippen LogP contribution < -0.4 is 4.74 Å². The third kappa shape index (κ3) is 3.36. The van der Waals surface area contributed by atoms with Gasteiger partial charge in [0.2, 0.25) is 0 Å². The van der Waals surface area contributed by atoms with Crippen molar-refractivity contribution in [1.82, 2.24) is 0 Å². The van der Waals surface area contributed by atoms with Gasteiger partial charge in [0.15, 0.2) is 0 Å². The highest BCUT2D eigenvalue weighted by Gasteiger charge is 2.45. The number of hydrogen-bond donors (Lipinski definition) is 1. The van der Waals surface area contributed by atoms with Gasteiger partial charge in [-0.1, -0.05) is 37.6 Å². The predicted molar refractivity (Wildman–Crippen MR) is 96.1 cm³/mol. The molecule has 1 N–H and O–H groups in total. The summed E-state index contributed by atoms with van der Waals surface area (Å²) in [6.45, 7) is 5.08. The number of hydrogen-bond acceptors (Lipinski definition) is 3. The van der Waals surface area contributed by atoms with Gasteiger partial charge in [-0.05, 0) is 54.9 Å². The summed E-state index contributed by atoms with van der Waals surface area (Å²) in [4.78, 5) is 0. The van der Waals surface area contributed by atoms with Crippen molar-refractivity contribution in [2.45, 2.75) is 52.2 Å². The predicted octanol–water partition coefficient (Wildman–Crippen LogP) is 5.18. The third-order valence-corrected chi connectivity index (χ3v) is 5.64. The molecule has 130 valence electrons. The molecule has 3 nitrogen and oxygen atoms in total. The highest BCUT2D eigenvalue weighted by Crippen LogP contribution is 2.51. The van der Waals surface area contributed by atoms with Crippen molar-refractivity contribution < 1.29 is 14.6 Å². The Morgan fingerprint density at radius 2 is 1.83 bits per heavy atom. The molecule has 2 aliphatic rings. The lowest BCUT2D eigenvalue weighted by atomic mass is 9.75. The average Bonchev–Trinajstić information content (AvgIpc) is 2.88. The van der Waals surface area contributed by atoms with Crippen LogP contribution in [-0.2, 0) is 11.3 Å². The van der Waals surface area contributed by atoms with E-state index in [-0.39, 0.29) is 11.5 Å². The van der Waals surface area contributed by atoms with Crippen LogP contribution in [0.25, 0.3) is 0 Å². The second-order valence-electron chi connectivity index (χ2n) is 7.38. The lowest BCUT2D eigenvalue weighted by Crippen LogP contribution is -2.34. The largest absolute Gasteiger partial charge is 0.510 e. The number of ether oxygens (including phenoxy) is 2. The Morgan fingerprint density at radius 3 is 2.54 bits per heavy atom. The van der Waals surface area contributed by atoms with Crippen molar-refractivity contribution in [3.63, 3.8) is 0 Å². The Hall–Kier alpha value is -1.74. The molecule has 2 aliphatic carbocycles. The van der Waals surface area contributed by atoms with E-state index in [1.54, 1.807) is 7.11 Å². The van der Waals surface area contributed by atoms with Crippen LogP contribution in [0.2, 0.25) is 0 Å². The van der Waals surface area contributed by atoms with Crippen LogP contribution in [0.1, 0.15) is 45.1 Å². The lowest BCUT2D eigenvalue weighted by Gasteiger charge is -2.34. The van der Waals surface area contributed by atoms with Crippen molar-refractivity contribution in [1.29, 1.82) is 0 Å². The Morgan fingerprint density at radius 1 is 1.12 bits per heavy atom. The van der Waals surface area contributed by atoms with Crippen LogP contribution in [0.15, 0.2) is 47.7 Å². The molecule has 1 aromatic rings. The van der Waals surface area contributed by atoms with Gasteiger partial charge in [-0.3, -0.25) is 0 Å². The van der Waals surface area contributed by atoms with Crippen LogP contribution in [0.3, 0.4) is 0 Å². The standard InChI is InChI=1S/C21H28O3/c1-21(2)16-6-4-5-7-19(22)20(18(21)13-10-16)24-14-15-8-11-17(23-3)12-9-15/h6-9,11-12,18,20,22H,4-5,10,13-14H2,1-3H3/b16-6-,19-7+/t18-,20-/m1/s1. The van der Waals surface area contributed by atoms with Crippen LogP contribution in [0.4, 0.5) is 0 Å². The number of rotatable bonds is 4. The van der Waals surface area contributed by atoms with Gasteiger partial charge in [0.1, 0.15) is 17.6 Å². The molecule has 1 fully saturated rings. The first-order valence-corrected chi connectivity index (χ1v) is 8.85. The van der Waals surface area contributed by atoms with Gasteiger partial charge in [0, 0.05) is 5.92 Å². The molecule has 3 heteroatoms. The van der Waals surface area contributed by atoms with E-state index in [9.17, 15) is 5.11 Å².